The van der Waals surface area contributed by atoms with Crippen LogP contribution >= 0.6 is 15.9 Å². The van der Waals surface area contributed by atoms with Crippen LogP contribution in [-0.2, 0) is 14.3 Å². The Labute approximate surface area is 150 Å². The molecule has 2 aromatic rings. The molecule has 0 aliphatic heterocycles. The van der Waals surface area contributed by atoms with Crippen molar-refractivity contribution in [2.24, 2.45) is 0 Å². The molecule has 0 unspecified atom stereocenters. The van der Waals surface area contributed by atoms with E-state index in [1.54, 1.807) is 19.1 Å². The van der Waals surface area contributed by atoms with Crippen LogP contribution in [0.5, 0.6) is 0 Å². The predicted octanol–water partition coefficient (Wildman–Crippen LogP) is 3.85. The van der Waals surface area contributed by atoms with Gasteiger partial charge in [0.2, 0.25) is 5.91 Å². The van der Waals surface area contributed by atoms with Crippen molar-refractivity contribution >= 4 is 27.8 Å². The maximum absolute atomic E-state index is 12.6. The smallest absolute Gasteiger partial charge is 0.333 e. The molecule has 0 saturated carbocycles. The molecule has 1 N–H and O–H groups in total. The second-order valence-electron chi connectivity index (χ2n) is 5.38. The van der Waals surface area contributed by atoms with E-state index in [9.17, 15) is 9.59 Å². The SMILES string of the molecule is CCOC(=O)[C@H](NC(=O)[C@H](Br)c1ccc(C)cc1)c1ccccc1. The summed E-state index contributed by atoms with van der Waals surface area (Å²) in [4.78, 5) is 24.2. The Balaban J connectivity index is 2.17. The van der Waals surface area contributed by atoms with Gasteiger partial charge >= 0.3 is 5.97 Å². The van der Waals surface area contributed by atoms with Gasteiger partial charge in [0.15, 0.2) is 6.04 Å². The summed E-state index contributed by atoms with van der Waals surface area (Å²) in [5.41, 5.74) is 2.63. The molecule has 4 nitrogen and oxygen atoms in total. The number of nitrogens with one attached hydrogen (secondary N) is 1. The highest BCUT2D eigenvalue weighted by atomic mass is 79.9. The average molecular weight is 390 g/mol. The van der Waals surface area contributed by atoms with Gasteiger partial charge in [-0.1, -0.05) is 76.1 Å². The molecule has 0 aliphatic rings. The molecule has 0 heterocycles. The molecular formula is C19H20BrNO3. The lowest BCUT2D eigenvalue weighted by Gasteiger charge is -2.19. The number of rotatable bonds is 6. The quantitative estimate of drug-likeness (QED) is 0.602. The Hall–Kier alpha value is -2.14. The highest BCUT2D eigenvalue weighted by Gasteiger charge is 2.27. The van der Waals surface area contributed by atoms with Crippen molar-refractivity contribution in [3.8, 4) is 0 Å². The van der Waals surface area contributed by atoms with Crippen LogP contribution in [0.3, 0.4) is 0 Å². The van der Waals surface area contributed by atoms with Crippen molar-refractivity contribution in [3.63, 3.8) is 0 Å². The first-order valence-corrected chi connectivity index (χ1v) is 8.67. The topological polar surface area (TPSA) is 55.4 Å². The summed E-state index contributed by atoms with van der Waals surface area (Å²) in [7, 11) is 0. The van der Waals surface area contributed by atoms with Crippen LogP contribution in [0.15, 0.2) is 54.6 Å². The molecule has 0 bridgehead atoms. The van der Waals surface area contributed by atoms with Crippen LogP contribution in [0.1, 0.15) is 34.5 Å². The number of carbonyl (C=O) groups is 2. The number of halogens is 1. The number of amides is 1. The largest absolute Gasteiger partial charge is 0.464 e. The van der Waals surface area contributed by atoms with Crippen LogP contribution in [0.25, 0.3) is 0 Å². The van der Waals surface area contributed by atoms with E-state index >= 15 is 0 Å². The summed E-state index contributed by atoms with van der Waals surface area (Å²) >= 11 is 3.40. The van der Waals surface area contributed by atoms with E-state index in [0.29, 0.717) is 5.56 Å². The van der Waals surface area contributed by atoms with Gasteiger partial charge < -0.3 is 10.1 Å². The Morgan fingerprint density at radius 1 is 1.04 bits per heavy atom. The summed E-state index contributed by atoms with van der Waals surface area (Å²) < 4.78 is 5.09. The van der Waals surface area contributed by atoms with E-state index in [1.165, 1.54) is 0 Å². The Bertz CT molecular complexity index is 686. The van der Waals surface area contributed by atoms with Crippen LogP contribution < -0.4 is 5.32 Å². The summed E-state index contributed by atoms with van der Waals surface area (Å²) in [5.74, 6) is -0.763. The molecule has 0 fully saturated rings. The van der Waals surface area contributed by atoms with Gasteiger partial charge in [-0.25, -0.2) is 4.79 Å². The fraction of sp³-hybridized carbons (Fsp3) is 0.263. The Kier molecular flexibility index (Phi) is 6.55. The third kappa shape index (κ3) is 4.68. The van der Waals surface area contributed by atoms with E-state index in [0.717, 1.165) is 11.1 Å². The fourth-order valence-electron chi connectivity index (χ4n) is 2.25. The van der Waals surface area contributed by atoms with Crippen LogP contribution in [0.4, 0.5) is 0 Å². The normalized spacial score (nSPS) is 13.0. The lowest BCUT2D eigenvalue weighted by atomic mass is 10.1. The molecular weight excluding hydrogens is 370 g/mol. The van der Waals surface area contributed by atoms with E-state index in [4.69, 9.17) is 4.74 Å². The minimum atomic E-state index is -0.829. The summed E-state index contributed by atoms with van der Waals surface area (Å²) in [6.45, 7) is 3.98. The summed E-state index contributed by atoms with van der Waals surface area (Å²) in [6.07, 6.45) is 0. The number of esters is 1. The zero-order valence-electron chi connectivity index (χ0n) is 13.7. The second kappa shape index (κ2) is 8.64. The molecule has 2 rings (SSSR count). The number of hydrogen-bond donors (Lipinski definition) is 1. The molecule has 2 aromatic carbocycles. The van der Waals surface area contributed by atoms with Gasteiger partial charge in [-0.05, 0) is 25.0 Å². The number of ether oxygens (including phenoxy) is 1. The second-order valence-corrected chi connectivity index (χ2v) is 6.29. The Morgan fingerprint density at radius 2 is 1.67 bits per heavy atom. The maximum Gasteiger partial charge on any atom is 0.333 e. The van der Waals surface area contributed by atoms with Gasteiger partial charge in [-0.3, -0.25) is 4.79 Å². The zero-order chi connectivity index (χ0) is 17.5. The molecule has 5 heteroatoms. The first kappa shape index (κ1) is 18.2. The van der Waals surface area contributed by atoms with Gasteiger partial charge in [0, 0.05) is 0 Å². The van der Waals surface area contributed by atoms with Gasteiger partial charge in [0.1, 0.15) is 4.83 Å². The van der Waals surface area contributed by atoms with Crippen LogP contribution in [0.2, 0.25) is 0 Å². The number of benzene rings is 2. The minimum Gasteiger partial charge on any atom is -0.464 e. The van der Waals surface area contributed by atoms with Crippen molar-refractivity contribution in [2.45, 2.75) is 24.7 Å². The average Bonchev–Trinajstić information content (AvgIpc) is 2.60. The van der Waals surface area contributed by atoms with Crippen molar-refractivity contribution in [2.75, 3.05) is 6.61 Å². The molecule has 24 heavy (non-hydrogen) atoms. The van der Waals surface area contributed by atoms with Crippen LogP contribution in [0, 0.1) is 6.92 Å². The number of aryl methyl sites for hydroxylation is 1. The van der Waals surface area contributed by atoms with E-state index in [-0.39, 0.29) is 12.5 Å². The number of hydrogen-bond acceptors (Lipinski definition) is 3. The molecule has 0 aromatic heterocycles. The Morgan fingerprint density at radius 3 is 2.25 bits per heavy atom. The summed E-state index contributed by atoms with van der Waals surface area (Å²) in [5, 5.41) is 2.77. The predicted molar refractivity (Wildman–Crippen MR) is 96.8 cm³/mol. The maximum atomic E-state index is 12.6. The van der Waals surface area contributed by atoms with Gasteiger partial charge in [0.25, 0.3) is 0 Å². The molecule has 0 aliphatic carbocycles. The van der Waals surface area contributed by atoms with Crippen molar-refractivity contribution in [1.29, 1.82) is 0 Å². The van der Waals surface area contributed by atoms with Crippen molar-refractivity contribution in [3.05, 3.63) is 71.3 Å². The highest BCUT2D eigenvalue weighted by Crippen LogP contribution is 2.25. The molecule has 126 valence electrons. The van der Waals surface area contributed by atoms with Crippen molar-refractivity contribution < 1.29 is 14.3 Å². The first-order chi connectivity index (χ1) is 11.5. The molecule has 0 saturated heterocycles. The van der Waals surface area contributed by atoms with Crippen LogP contribution in [-0.4, -0.2) is 18.5 Å². The number of carbonyl (C=O) groups excluding carboxylic acids is 2. The third-order valence-corrected chi connectivity index (χ3v) is 4.49. The van der Waals surface area contributed by atoms with E-state index in [2.05, 4.69) is 21.2 Å². The first-order valence-electron chi connectivity index (χ1n) is 7.75. The van der Waals surface area contributed by atoms with Crippen molar-refractivity contribution in [1.82, 2.24) is 5.32 Å². The minimum absolute atomic E-state index is 0.258. The standard InChI is InChI=1S/C19H20BrNO3/c1-3-24-19(23)17(15-7-5-4-6-8-15)21-18(22)16(20)14-11-9-13(2)10-12-14/h4-12,16-17H,3H2,1-2H3,(H,21,22)/t16-,17-/m1/s1. The monoisotopic (exact) mass is 389 g/mol. The van der Waals surface area contributed by atoms with Gasteiger partial charge in [-0.15, -0.1) is 0 Å². The molecule has 0 radical (unpaired) electrons. The molecule has 0 spiro atoms. The number of alkyl halides is 1. The van der Waals surface area contributed by atoms with Gasteiger partial charge in [-0.2, -0.15) is 0 Å². The lowest BCUT2D eigenvalue weighted by molar-refractivity contribution is -0.147. The fourth-order valence-corrected chi connectivity index (χ4v) is 2.69. The molecule has 2 atom stereocenters. The lowest BCUT2D eigenvalue weighted by Crippen LogP contribution is -2.36. The third-order valence-electron chi connectivity index (χ3n) is 3.54. The van der Waals surface area contributed by atoms with Gasteiger partial charge in [0.05, 0.1) is 6.61 Å². The highest BCUT2D eigenvalue weighted by molar-refractivity contribution is 9.09. The van der Waals surface area contributed by atoms with E-state index < -0.39 is 16.8 Å². The summed E-state index contributed by atoms with van der Waals surface area (Å²) in [6, 6.07) is 15.9. The van der Waals surface area contributed by atoms with E-state index in [1.807, 2.05) is 49.4 Å². The zero-order valence-corrected chi connectivity index (χ0v) is 15.2. The molecule has 1 amide bonds.